The van der Waals surface area contributed by atoms with E-state index in [-0.39, 0.29) is 6.61 Å². The largest absolute Gasteiger partial charge is 0.458 e. The Morgan fingerprint density at radius 1 is 1.12 bits per heavy atom. The number of allylic oxidation sites excluding steroid dienone is 2. The van der Waals surface area contributed by atoms with Crippen molar-refractivity contribution in [2.24, 2.45) is 5.73 Å². The van der Waals surface area contributed by atoms with Crippen molar-refractivity contribution in [3.8, 4) is 0 Å². The number of nitrogens with two attached hydrogens (primary N) is 1. The SMILES string of the molecule is NC(=O)/C=C/C=C/C(=O)OCc1ccccc1. The zero-order chi connectivity index (χ0) is 12.5. The smallest absolute Gasteiger partial charge is 0.331 e. The molecule has 0 radical (unpaired) electrons. The average Bonchev–Trinajstić information content (AvgIpc) is 2.33. The molecule has 0 aliphatic heterocycles. The van der Waals surface area contributed by atoms with Gasteiger partial charge in [0, 0.05) is 12.2 Å². The Morgan fingerprint density at radius 3 is 2.41 bits per heavy atom. The van der Waals surface area contributed by atoms with E-state index in [0.29, 0.717) is 0 Å². The third-order valence-electron chi connectivity index (χ3n) is 1.83. The lowest BCUT2D eigenvalue weighted by atomic mass is 10.2. The molecule has 0 saturated carbocycles. The molecule has 88 valence electrons. The molecule has 4 heteroatoms. The van der Waals surface area contributed by atoms with Crippen molar-refractivity contribution < 1.29 is 14.3 Å². The number of esters is 1. The molecule has 1 aromatic rings. The quantitative estimate of drug-likeness (QED) is 0.472. The van der Waals surface area contributed by atoms with Gasteiger partial charge in [0.2, 0.25) is 5.91 Å². The number of carbonyl (C=O) groups excluding carboxylic acids is 2. The van der Waals surface area contributed by atoms with Crippen LogP contribution in [0.15, 0.2) is 54.6 Å². The van der Waals surface area contributed by atoms with Gasteiger partial charge < -0.3 is 10.5 Å². The van der Waals surface area contributed by atoms with Crippen LogP contribution in [0.2, 0.25) is 0 Å². The van der Waals surface area contributed by atoms with Crippen LogP contribution in [0.5, 0.6) is 0 Å². The van der Waals surface area contributed by atoms with Crippen molar-refractivity contribution >= 4 is 11.9 Å². The van der Waals surface area contributed by atoms with Crippen LogP contribution < -0.4 is 5.73 Å². The highest BCUT2D eigenvalue weighted by atomic mass is 16.5. The maximum absolute atomic E-state index is 11.2. The second kappa shape index (κ2) is 7.00. The number of hydrogen-bond acceptors (Lipinski definition) is 3. The maximum Gasteiger partial charge on any atom is 0.331 e. The zero-order valence-electron chi connectivity index (χ0n) is 9.21. The number of amides is 1. The minimum Gasteiger partial charge on any atom is -0.458 e. The van der Waals surface area contributed by atoms with Crippen molar-refractivity contribution in [1.82, 2.24) is 0 Å². The van der Waals surface area contributed by atoms with Crippen molar-refractivity contribution in [2.45, 2.75) is 6.61 Å². The average molecular weight is 231 g/mol. The Bertz CT molecular complexity index is 435. The zero-order valence-corrected chi connectivity index (χ0v) is 9.21. The van der Waals surface area contributed by atoms with E-state index < -0.39 is 11.9 Å². The van der Waals surface area contributed by atoms with Gasteiger partial charge in [0.25, 0.3) is 0 Å². The van der Waals surface area contributed by atoms with E-state index in [1.165, 1.54) is 18.2 Å². The predicted octanol–water partition coefficient (Wildman–Crippen LogP) is 1.33. The first-order chi connectivity index (χ1) is 8.18. The molecule has 0 heterocycles. The highest BCUT2D eigenvalue weighted by Crippen LogP contribution is 2.00. The van der Waals surface area contributed by atoms with Crippen LogP contribution in [0.1, 0.15) is 5.56 Å². The summed E-state index contributed by atoms with van der Waals surface area (Å²) in [6.07, 6.45) is 5.16. The first kappa shape index (κ1) is 12.7. The summed E-state index contributed by atoms with van der Waals surface area (Å²) in [5.74, 6) is -1.03. The lowest BCUT2D eigenvalue weighted by Crippen LogP contribution is -2.05. The molecule has 0 aliphatic rings. The summed E-state index contributed by atoms with van der Waals surface area (Å²) in [5, 5.41) is 0. The van der Waals surface area contributed by atoms with Crippen LogP contribution in [-0.2, 0) is 20.9 Å². The fourth-order valence-corrected chi connectivity index (χ4v) is 1.06. The van der Waals surface area contributed by atoms with E-state index in [4.69, 9.17) is 10.5 Å². The minimum atomic E-state index is -0.563. The molecule has 1 amide bonds. The Morgan fingerprint density at radius 2 is 1.76 bits per heavy atom. The van der Waals surface area contributed by atoms with Crippen molar-refractivity contribution in [2.75, 3.05) is 0 Å². The predicted molar refractivity (Wildman–Crippen MR) is 63.7 cm³/mol. The molecule has 0 saturated heterocycles. The number of hydrogen-bond donors (Lipinski definition) is 1. The van der Waals surface area contributed by atoms with Gasteiger partial charge in [-0.1, -0.05) is 42.5 Å². The molecule has 0 aliphatic carbocycles. The fraction of sp³-hybridized carbons (Fsp3) is 0.0769. The molecule has 0 spiro atoms. The van der Waals surface area contributed by atoms with E-state index >= 15 is 0 Å². The Kier molecular flexibility index (Phi) is 5.24. The molecule has 1 aromatic carbocycles. The summed E-state index contributed by atoms with van der Waals surface area (Å²) in [7, 11) is 0. The molecule has 0 atom stereocenters. The molecule has 1 rings (SSSR count). The molecule has 0 fully saturated rings. The minimum absolute atomic E-state index is 0.226. The monoisotopic (exact) mass is 231 g/mol. The number of carbonyl (C=O) groups is 2. The van der Waals surface area contributed by atoms with Gasteiger partial charge in [0.05, 0.1) is 0 Å². The van der Waals surface area contributed by atoms with Crippen LogP contribution in [0.3, 0.4) is 0 Å². The lowest BCUT2D eigenvalue weighted by molar-refractivity contribution is -0.139. The number of rotatable bonds is 5. The van der Waals surface area contributed by atoms with Crippen molar-refractivity contribution in [3.05, 3.63) is 60.2 Å². The molecule has 4 nitrogen and oxygen atoms in total. The normalized spacial score (nSPS) is 10.8. The highest BCUT2D eigenvalue weighted by Gasteiger charge is 1.96. The molecule has 0 bridgehead atoms. The standard InChI is InChI=1S/C13H13NO3/c14-12(15)8-4-5-9-13(16)17-10-11-6-2-1-3-7-11/h1-9H,10H2,(H2,14,15)/b8-4+,9-5+. The van der Waals surface area contributed by atoms with Gasteiger partial charge in [0.1, 0.15) is 6.61 Å². The molecule has 17 heavy (non-hydrogen) atoms. The molecular weight excluding hydrogens is 218 g/mol. The summed E-state index contributed by atoms with van der Waals surface area (Å²) >= 11 is 0. The van der Waals surface area contributed by atoms with E-state index in [2.05, 4.69) is 0 Å². The molecule has 0 unspecified atom stereocenters. The summed E-state index contributed by atoms with van der Waals surface area (Å²) in [5.41, 5.74) is 5.79. The van der Waals surface area contributed by atoms with Crippen LogP contribution in [-0.4, -0.2) is 11.9 Å². The van der Waals surface area contributed by atoms with Gasteiger partial charge in [0.15, 0.2) is 0 Å². The van der Waals surface area contributed by atoms with E-state index in [1.807, 2.05) is 30.3 Å². The van der Waals surface area contributed by atoms with E-state index in [0.717, 1.165) is 11.6 Å². The van der Waals surface area contributed by atoms with E-state index in [9.17, 15) is 9.59 Å². The topological polar surface area (TPSA) is 69.4 Å². The fourth-order valence-electron chi connectivity index (χ4n) is 1.06. The second-order valence-electron chi connectivity index (χ2n) is 3.21. The Hall–Kier alpha value is -2.36. The van der Waals surface area contributed by atoms with Crippen LogP contribution in [0, 0.1) is 0 Å². The molecular formula is C13H13NO3. The summed E-state index contributed by atoms with van der Waals surface area (Å²) in [6, 6.07) is 9.36. The number of benzene rings is 1. The van der Waals surface area contributed by atoms with Gasteiger partial charge in [-0.3, -0.25) is 4.79 Å². The van der Waals surface area contributed by atoms with Gasteiger partial charge in [-0.2, -0.15) is 0 Å². The maximum atomic E-state index is 11.2. The van der Waals surface area contributed by atoms with Crippen LogP contribution >= 0.6 is 0 Å². The highest BCUT2D eigenvalue weighted by molar-refractivity contribution is 5.86. The lowest BCUT2D eigenvalue weighted by Gasteiger charge is -2.00. The third kappa shape index (κ3) is 5.94. The summed E-state index contributed by atoms with van der Waals surface area (Å²) < 4.78 is 4.96. The first-order valence-electron chi connectivity index (χ1n) is 5.03. The van der Waals surface area contributed by atoms with Gasteiger partial charge in [-0.15, -0.1) is 0 Å². The van der Waals surface area contributed by atoms with Gasteiger partial charge in [-0.05, 0) is 5.56 Å². The summed E-state index contributed by atoms with van der Waals surface area (Å²) in [6.45, 7) is 0.226. The van der Waals surface area contributed by atoms with E-state index in [1.54, 1.807) is 0 Å². The molecule has 0 aromatic heterocycles. The van der Waals surface area contributed by atoms with Gasteiger partial charge in [-0.25, -0.2) is 4.79 Å². The number of primary amides is 1. The third-order valence-corrected chi connectivity index (χ3v) is 1.83. The first-order valence-corrected chi connectivity index (χ1v) is 5.03. The Labute approximate surface area is 99.4 Å². The van der Waals surface area contributed by atoms with Crippen molar-refractivity contribution in [3.63, 3.8) is 0 Å². The second-order valence-corrected chi connectivity index (χ2v) is 3.21. The Balaban J connectivity index is 2.33. The van der Waals surface area contributed by atoms with Crippen LogP contribution in [0.4, 0.5) is 0 Å². The molecule has 2 N–H and O–H groups in total. The number of ether oxygens (including phenoxy) is 1. The van der Waals surface area contributed by atoms with Crippen molar-refractivity contribution in [1.29, 1.82) is 0 Å². The summed E-state index contributed by atoms with van der Waals surface area (Å²) in [4.78, 5) is 21.5. The van der Waals surface area contributed by atoms with Gasteiger partial charge >= 0.3 is 5.97 Å². The van der Waals surface area contributed by atoms with Crippen LogP contribution in [0.25, 0.3) is 0 Å².